The van der Waals surface area contributed by atoms with E-state index in [1.54, 1.807) is 13.2 Å². The van der Waals surface area contributed by atoms with Crippen LogP contribution in [0.2, 0.25) is 0 Å². The number of alkyl halides is 1. The van der Waals surface area contributed by atoms with E-state index >= 15 is 0 Å². The lowest BCUT2D eigenvalue weighted by atomic mass is 10.1. The second-order valence-electron chi connectivity index (χ2n) is 3.75. The van der Waals surface area contributed by atoms with E-state index in [2.05, 4.69) is 15.3 Å². The molecule has 0 aliphatic carbocycles. The topological polar surface area (TPSA) is 47.0 Å². The minimum absolute atomic E-state index is 0.539. The highest BCUT2D eigenvalue weighted by Crippen LogP contribution is 2.12. The van der Waals surface area contributed by atoms with Gasteiger partial charge in [-0.2, -0.15) is 0 Å². The molecule has 1 aromatic heterocycles. The Morgan fingerprint density at radius 3 is 2.56 bits per heavy atom. The van der Waals surface area contributed by atoms with Crippen molar-refractivity contribution in [1.82, 2.24) is 9.97 Å². The molecule has 0 unspecified atom stereocenters. The minimum atomic E-state index is 0.539. The highest BCUT2D eigenvalue weighted by molar-refractivity contribution is 6.17. The van der Waals surface area contributed by atoms with Gasteiger partial charge in [0.1, 0.15) is 12.1 Å². The molecule has 4 nitrogen and oxygen atoms in total. The van der Waals surface area contributed by atoms with Gasteiger partial charge in [-0.3, -0.25) is 0 Å². The molecule has 0 fully saturated rings. The van der Waals surface area contributed by atoms with Gasteiger partial charge in [0.2, 0.25) is 5.88 Å². The van der Waals surface area contributed by atoms with Gasteiger partial charge < -0.3 is 10.1 Å². The standard InChI is InChI=1S/C13H14ClN3O/c1-18-13-6-12(16-9-17-13)15-8-11-4-2-10(7-14)3-5-11/h2-6,9H,7-8H2,1H3,(H,15,16,17). The first-order valence-corrected chi connectivity index (χ1v) is 6.09. The van der Waals surface area contributed by atoms with E-state index in [0.29, 0.717) is 18.3 Å². The van der Waals surface area contributed by atoms with Crippen LogP contribution in [0.1, 0.15) is 11.1 Å². The van der Waals surface area contributed by atoms with E-state index in [4.69, 9.17) is 16.3 Å². The van der Waals surface area contributed by atoms with Gasteiger partial charge in [-0.15, -0.1) is 11.6 Å². The Bertz CT molecular complexity index is 502. The third kappa shape index (κ3) is 3.34. The van der Waals surface area contributed by atoms with Crippen LogP contribution < -0.4 is 10.1 Å². The number of ether oxygens (including phenoxy) is 1. The molecule has 2 aromatic rings. The summed E-state index contributed by atoms with van der Waals surface area (Å²) >= 11 is 5.74. The minimum Gasteiger partial charge on any atom is -0.481 e. The monoisotopic (exact) mass is 263 g/mol. The van der Waals surface area contributed by atoms with Gasteiger partial charge in [0, 0.05) is 18.5 Å². The quantitative estimate of drug-likeness (QED) is 0.843. The first-order chi connectivity index (χ1) is 8.81. The molecule has 0 atom stereocenters. The zero-order valence-corrected chi connectivity index (χ0v) is 10.8. The number of nitrogens with one attached hydrogen (secondary N) is 1. The molecule has 0 saturated heterocycles. The molecule has 0 amide bonds. The third-order valence-corrected chi connectivity index (χ3v) is 2.81. The lowest BCUT2D eigenvalue weighted by Gasteiger charge is -2.07. The summed E-state index contributed by atoms with van der Waals surface area (Å²) in [4.78, 5) is 8.06. The van der Waals surface area contributed by atoms with Gasteiger partial charge in [0.25, 0.3) is 0 Å². The molecule has 1 heterocycles. The Labute approximate surface area is 111 Å². The maximum atomic E-state index is 5.74. The maximum absolute atomic E-state index is 5.74. The third-order valence-electron chi connectivity index (χ3n) is 2.50. The van der Waals surface area contributed by atoms with Crippen molar-refractivity contribution in [2.24, 2.45) is 0 Å². The number of halogens is 1. The summed E-state index contributed by atoms with van der Waals surface area (Å²) in [6.45, 7) is 0.697. The summed E-state index contributed by atoms with van der Waals surface area (Å²) in [5, 5.41) is 3.21. The molecule has 18 heavy (non-hydrogen) atoms. The molecule has 0 bridgehead atoms. The highest BCUT2D eigenvalue weighted by atomic mass is 35.5. The van der Waals surface area contributed by atoms with E-state index in [-0.39, 0.29) is 0 Å². The lowest BCUT2D eigenvalue weighted by Crippen LogP contribution is -2.02. The largest absolute Gasteiger partial charge is 0.481 e. The molecule has 5 heteroatoms. The second kappa shape index (κ2) is 6.21. The van der Waals surface area contributed by atoms with Crippen molar-refractivity contribution < 1.29 is 4.74 Å². The molecule has 1 N–H and O–H groups in total. The number of aromatic nitrogens is 2. The fourth-order valence-corrected chi connectivity index (χ4v) is 1.66. The van der Waals surface area contributed by atoms with Crippen LogP contribution in [0.4, 0.5) is 5.82 Å². The summed E-state index contributed by atoms with van der Waals surface area (Å²) in [5.41, 5.74) is 2.28. The van der Waals surface area contributed by atoms with Gasteiger partial charge in [0.15, 0.2) is 0 Å². The Morgan fingerprint density at radius 1 is 1.17 bits per heavy atom. The number of hydrogen-bond acceptors (Lipinski definition) is 4. The number of hydrogen-bond donors (Lipinski definition) is 1. The van der Waals surface area contributed by atoms with Crippen molar-refractivity contribution in [3.63, 3.8) is 0 Å². The first-order valence-electron chi connectivity index (χ1n) is 5.55. The lowest BCUT2D eigenvalue weighted by molar-refractivity contribution is 0.397. The molecular weight excluding hydrogens is 250 g/mol. The van der Waals surface area contributed by atoms with Gasteiger partial charge in [-0.25, -0.2) is 9.97 Å². The Kier molecular flexibility index (Phi) is 4.36. The van der Waals surface area contributed by atoms with E-state index in [0.717, 1.165) is 11.4 Å². The molecule has 0 aliphatic heterocycles. The van der Waals surface area contributed by atoms with Crippen LogP contribution in [-0.2, 0) is 12.4 Å². The van der Waals surface area contributed by atoms with Crippen molar-refractivity contribution in [2.45, 2.75) is 12.4 Å². The predicted molar refractivity (Wildman–Crippen MR) is 71.9 cm³/mol. The van der Waals surface area contributed by atoms with Crippen LogP contribution in [0.25, 0.3) is 0 Å². The maximum Gasteiger partial charge on any atom is 0.218 e. The number of anilines is 1. The van der Waals surface area contributed by atoms with Gasteiger partial charge in [-0.1, -0.05) is 24.3 Å². The predicted octanol–water partition coefficient (Wildman–Crippen LogP) is 2.84. The van der Waals surface area contributed by atoms with Gasteiger partial charge in [-0.05, 0) is 11.1 Å². The fourth-order valence-electron chi connectivity index (χ4n) is 1.49. The Balaban J connectivity index is 1.97. The summed E-state index contributed by atoms with van der Waals surface area (Å²) in [5.74, 6) is 1.82. The van der Waals surface area contributed by atoms with Crippen LogP contribution in [0, 0.1) is 0 Å². The zero-order valence-electron chi connectivity index (χ0n) is 10.1. The van der Waals surface area contributed by atoms with Gasteiger partial charge >= 0.3 is 0 Å². The molecule has 0 spiro atoms. The summed E-state index contributed by atoms with van der Waals surface area (Å²) in [7, 11) is 1.58. The number of methoxy groups -OCH3 is 1. The van der Waals surface area contributed by atoms with E-state index in [9.17, 15) is 0 Å². The van der Waals surface area contributed by atoms with Crippen LogP contribution in [0.5, 0.6) is 5.88 Å². The van der Waals surface area contributed by atoms with Crippen molar-refractivity contribution in [1.29, 1.82) is 0 Å². The molecule has 1 aromatic carbocycles. The summed E-state index contributed by atoms with van der Waals surface area (Å²) in [6.07, 6.45) is 1.47. The summed E-state index contributed by atoms with van der Waals surface area (Å²) < 4.78 is 5.03. The first kappa shape index (κ1) is 12.6. The van der Waals surface area contributed by atoms with Crippen molar-refractivity contribution in [3.05, 3.63) is 47.8 Å². The Hall–Kier alpha value is -1.81. The average Bonchev–Trinajstić information content (AvgIpc) is 2.46. The van der Waals surface area contributed by atoms with Crippen LogP contribution in [-0.4, -0.2) is 17.1 Å². The van der Waals surface area contributed by atoms with Crippen molar-refractivity contribution in [3.8, 4) is 5.88 Å². The van der Waals surface area contributed by atoms with Gasteiger partial charge in [0.05, 0.1) is 7.11 Å². The van der Waals surface area contributed by atoms with E-state index < -0.39 is 0 Å². The molecular formula is C13H14ClN3O. The SMILES string of the molecule is COc1cc(NCc2ccc(CCl)cc2)ncn1. The van der Waals surface area contributed by atoms with Crippen LogP contribution >= 0.6 is 11.6 Å². The van der Waals surface area contributed by atoms with Crippen molar-refractivity contribution >= 4 is 17.4 Å². The summed E-state index contributed by atoms with van der Waals surface area (Å²) in [6, 6.07) is 9.88. The smallest absolute Gasteiger partial charge is 0.218 e. The molecule has 2 rings (SSSR count). The number of benzene rings is 1. The normalized spacial score (nSPS) is 10.1. The van der Waals surface area contributed by atoms with E-state index in [1.807, 2.05) is 24.3 Å². The van der Waals surface area contributed by atoms with E-state index in [1.165, 1.54) is 11.9 Å². The Morgan fingerprint density at radius 2 is 1.89 bits per heavy atom. The molecule has 0 aliphatic rings. The fraction of sp³-hybridized carbons (Fsp3) is 0.231. The van der Waals surface area contributed by atoms with Crippen LogP contribution in [0.15, 0.2) is 36.7 Å². The number of rotatable bonds is 5. The van der Waals surface area contributed by atoms with Crippen molar-refractivity contribution in [2.75, 3.05) is 12.4 Å². The zero-order chi connectivity index (χ0) is 12.8. The molecule has 94 valence electrons. The highest BCUT2D eigenvalue weighted by Gasteiger charge is 1.99. The molecule has 0 saturated carbocycles. The number of nitrogens with zero attached hydrogens (tertiary/aromatic N) is 2. The second-order valence-corrected chi connectivity index (χ2v) is 4.02. The molecule has 0 radical (unpaired) electrons. The van der Waals surface area contributed by atoms with Crippen LogP contribution in [0.3, 0.4) is 0 Å². The average molecular weight is 264 g/mol.